The Bertz CT molecular complexity index is 2080. The second kappa shape index (κ2) is 10.0. The van der Waals surface area contributed by atoms with Crippen molar-refractivity contribution in [1.29, 1.82) is 0 Å². The predicted octanol–water partition coefficient (Wildman–Crippen LogP) is 2.77. The molecule has 1 atom stereocenters. The summed E-state index contributed by atoms with van der Waals surface area (Å²) >= 11 is 0. The Hall–Kier alpha value is -5.83. The molecule has 1 amide bonds. The van der Waals surface area contributed by atoms with Gasteiger partial charge in [0.1, 0.15) is 17.2 Å². The van der Waals surface area contributed by atoms with Crippen LogP contribution >= 0.6 is 0 Å². The third kappa shape index (κ3) is 4.65. The largest absolute Gasteiger partial charge is 0.381 e. The van der Waals surface area contributed by atoms with Gasteiger partial charge in [0.25, 0.3) is 11.5 Å². The molecule has 0 bridgehead atoms. The van der Waals surface area contributed by atoms with Crippen LogP contribution < -0.4 is 16.6 Å². The zero-order valence-corrected chi connectivity index (χ0v) is 21.9. The van der Waals surface area contributed by atoms with Gasteiger partial charge in [0, 0.05) is 31.2 Å². The molecule has 2 aromatic carbocycles. The van der Waals surface area contributed by atoms with E-state index in [1.165, 1.54) is 39.5 Å². The van der Waals surface area contributed by atoms with E-state index in [2.05, 4.69) is 32.3 Å². The molecular weight excluding hydrogens is 525 g/mol. The fourth-order valence-corrected chi connectivity index (χ4v) is 4.56. The minimum atomic E-state index is -0.784. The van der Waals surface area contributed by atoms with Crippen LogP contribution in [-0.2, 0) is 7.05 Å². The van der Waals surface area contributed by atoms with Gasteiger partial charge in [0.2, 0.25) is 0 Å². The van der Waals surface area contributed by atoms with Crippen LogP contribution in [0.1, 0.15) is 40.3 Å². The fraction of sp³-hybridized carbons (Fsp3) is 0.103. The Kier molecular flexibility index (Phi) is 6.24. The molecule has 4 heterocycles. The lowest BCUT2D eigenvalue weighted by atomic mass is 10.1. The van der Waals surface area contributed by atoms with E-state index in [0.29, 0.717) is 22.3 Å². The first-order chi connectivity index (χ1) is 19.8. The SMILES string of the molecule is CC(NC(=O)c1c(N)nn2cccnc12)c1nc2cccc(C#Cc3cnn(C)c3)c2c(=O)n1-c1ccc(F)cc1. The summed E-state index contributed by atoms with van der Waals surface area (Å²) in [6.45, 7) is 1.69. The Morgan fingerprint density at radius 2 is 1.93 bits per heavy atom. The fourth-order valence-electron chi connectivity index (χ4n) is 4.56. The van der Waals surface area contributed by atoms with Crippen molar-refractivity contribution in [2.24, 2.45) is 7.05 Å². The number of hydrogen-bond acceptors (Lipinski definition) is 7. The molecule has 3 N–H and O–H groups in total. The van der Waals surface area contributed by atoms with Gasteiger partial charge in [-0.15, -0.1) is 5.10 Å². The maximum atomic E-state index is 14.1. The monoisotopic (exact) mass is 547 g/mol. The van der Waals surface area contributed by atoms with E-state index in [0.717, 1.165) is 0 Å². The molecule has 0 saturated heterocycles. The second-order valence-corrected chi connectivity index (χ2v) is 9.28. The van der Waals surface area contributed by atoms with Gasteiger partial charge in [-0.05, 0) is 49.4 Å². The van der Waals surface area contributed by atoms with E-state index < -0.39 is 23.3 Å². The van der Waals surface area contributed by atoms with Crippen molar-refractivity contribution in [3.05, 3.63) is 112 Å². The van der Waals surface area contributed by atoms with Crippen molar-refractivity contribution >= 4 is 28.3 Å². The van der Waals surface area contributed by atoms with Gasteiger partial charge < -0.3 is 11.1 Å². The number of nitrogens with two attached hydrogens (primary N) is 1. The molecule has 0 aliphatic rings. The van der Waals surface area contributed by atoms with Crippen molar-refractivity contribution in [3.63, 3.8) is 0 Å². The lowest BCUT2D eigenvalue weighted by molar-refractivity contribution is 0.0940. The van der Waals surface area contributed by atoms with E-state index in [1.807, 2.05) is 0 Å². The molecule has 6 aromatic rings. The minimum absolute atomic E-state index is 0.00706. The Balaban J connectivity index is 1.49. The van der Waals surface area contributed by atoms with E-state index in [1.54, 1.807) is 61.5 Å². The Morgan fingerprint density at radius 3 is 2.68 bits per heavy atom. The van der Waals surface area contributed by atoms with Crippen molar-refractivity contribution < 1.29 is 9.18 Å². The third-order valence-corrected chi connectivity index (χ3v) is 6.44. The Morgan fingerprint density at radius 1 is 1.12 bits per heavy atom. The van der Waals surface area contributed by atoms with Crippen LogP contribution in [0.25, 0.3) is 22.2 Å². The van der Waals surface area contributed by atoms with Crippen molar-refractivity contribution in [1.82, 2.24) is 39.2 Å². The summed E-state index contributed by atoms with van der Waals surface area (Å²) < 4.78 is 18.2. The highest BCUT2D eigenvalue weighted by molar-refractivity contribution is 6.04. The maximum Gasteiger partial charge on any atom is 0.267 e. The molecule has 202 valence electrons. The number of nitrogens with zero attached hydrogens (tertiary/aromatic N) is 7. The number of amides is 1. The van der Waals surface area contributed by atoms with Gasteiger partial charge in [-0.1, -0.05) is 17.9 Å². The summed E-state index contributed by atoms with van der Waals surface area (Å²) in [6.07, 6.45) is 6.55. The van der Waals surface area contributed by atoms with Crippen molar-refractivity contribution in [3.8, 4) is 17.5 Å². The molecule has 12 heteroatoms. The number of benzene rings is 2. The van der Waals surface area contributed by atoms with Gasteiger partial charge in [-0.3, -0.25) is 18.8 Å². The summed E-state index contributed by atoms with van der Waals surface area (Å²) in [5.41, 5.74) is 7.90. The minimum Gasteiger partial charge on any atom is -0.381 e. The molecule has 0 radical (unpaired) electrons. The Labute approximate surface area is 232 Å². The van der Waals surface area contributed by atoms with Gasteiger partial charge in [0.15, 0.2) is 11.5 Å². The van der Waals surface area contributed by atoms with E-state index >= 15 is 0 Å². The van der Waals surface area contributed by atoms with Gasteiger partial charge >= 0.3 is 0 Å². The highest BCUT2D eigenvalue weighted by atomic mass is 19.1. The van der Waals surface area contributed by atoms with Crippen molar-refractivity contribution in [2.45, 2.75) is 13.0 Å². The number of carbonyl (C=O) groups excluding carboxylic acids is 1. The molecule has 0 saturated carbocycles. The second-order valence-electron chi connectivity index (χ2n) is 9.28. The molecule has 0 aliphatic carbocycles. The summed E-state index contributed by atoms with van der Waals surface area (Å²) in [4.78, 5) is 36.5. The first-order valence-electron chi connectivity index (χ1n) is 12.5. The molecule has 4 aromatic heterocycles. The number of fused-ring (bicyclic) bond motifs is 2. The lowest BCUT2D eigenvalue weighted by Gasteiger charge is -2.20. The van der Waals surface area contributed by atoms with E-state index in [9.17, 15) is 14.0 Å². The molecule has 0 aliphatic heterocycles. The summed E-state index contributed by atoms with van der Waals surface area (Å²) in [7, 11) is 1.79. The van der Waals surface area contributed by atoms with Crippen LogP contribution in [-0.4, -0.2) is 39.8 Å². The topological polar surface area (TPSA) is 138 Å². The number of nitrogen functional groups attached to an aromatic ring is 1. The quantitative estimate of drug-likeness (QED) is 0.324. The molecule has 0 fully saturated rings. The summed E-state index contributed by atoms with van der Waals surface area (Å²) in [6, 6.07) is 11.5. The van der Waals surface area contributed by atoms with Gasteiger partial charge in [-0.2, -0.15) is 5.10 Å². The van der Waals surface area contributed by atoms with Crippen LogP contribution in [0, 0.1) is 17.7 Å². The van der Waals surface area contributed by atoms with Crippen molar-refractivity contribution in [2.75, 3.05) is 5.73 Å². The standard InChI is InChI=1S/C29H22FN9O2/c1-17(34-28(40)24-25(31)36-38-14-4-13-32-27(24)38)26-35-22-6-3-5-19(8-7-18-15-33-37(2)16-18)23(22)29(41)39(26)21-11-9-20(30)10-12-21/h3-6,9-17H,1-2H3,(H2,31,36)(H,34,40). The number of carbonyl (C=O) groups is 1. The zero-order chi connectivity index (χ0) is 28.7. The van der Waals surface area contributed by atoms with Crippen LogP contribution in [0.2, 0.25) is 0 Å². The number of hydrogen-bond donors (Lipinski definition) is 2. The number of aryl methyl sites for hydroxylation is 1. The highest BCUT2D eigenvalue weighted by Crippen LogP contribution is 2.22. The molecular formula is C29H22FN9O2. The number of rotatable bonds is 4. The lowest BCUT2D eigenvalue weighted by Crippen LogP contribution is -2.33. The first-order valence-corrected chi connectivity index (χ1v) is 12.5. The maximum absolute atomic E-state index is 14.1. The predicted molar refractivity (Wildman–Crippen MR) is 150 cm³/mol. The molecule has 1 unspecified atom stereocenters. The smallest absolute Gasteiger partial charge is 0.267 e. The van der Waals surface area contributed by atoms with Gasteiger partial charge in [0.05, 0.1) is 34.4 Å². The summed E-state index contributed by atoms with van der Waals surface area (Å²) in [5.74, 6) is 5.31. The average molecular weight is 548 g/mol. The number of anilines is 1. The number of aromatic nitrogens is 7. The number of nitrogens with one attached hydrogen (secondary N) is 1. The normalized spacial score (nSPS) is 11.8. The summed E-state index contributed by atoms with van der Waals surface area (Å²) in [5, 5.41) is 11.4. The third-order valence-electron chi connectivity index (χ3n) is 6.44. The van der Waals surface area contributed by atoms with E-state index in [-0.39, 0.29) is 28.2 Å². The first kappa shape index (κ1) is 25.4. The van der Waals surface area contributed by atoms with Gasteiger partial charge in [-0.25, -0.2) is 18.9 Å². The zero-order valence-electron chi connectivity index (χ0n) is 21.9. The van der Waals surface area contributed by atoms with E-state index in [4.69, 9.17) is 10.7 Å². The van der Waals surface area contributed by atoms with Crippen LogP contribution in [0.5, 0.6) is 0 Å². The van der Waals surface area contributed by atoms with Crippen LogP contribution in [0.15, 0.2) is 78.1 Å². The molecule has 6 rings (SSSR count). The highest BCUT2D eigenvalue weighted by Gasteiger charge is 2.25. The molecule has 11 nitrogen and oxygen atoms in total. The van der Waals surface area contributed by atoms with Crippen LogP contribution in [0.3, 0.4) is 0 Å². The van der Waals surface area contributed by atoms with Crippen LogP contribution in [0.4, 0.5) is 10.2 Å². The number of halogens is 1. The average Bonchev–Trinajstić information content (AvgIpc) is 3.53. The molecule has 0 spiro atoms. The molecule has 41 heavy (non-hydrogen) atoms.